The number of aliphatic imine (C=N–C) groups is 1. The molecule has 0 amide bonds. The topological polar surface area (TPSA) is 137 Å². The molecule has 198 valence electrons. The number of carbonyl (C=O) groups is 1. The first-order valence-corrected chi connectivity index (χ1v) is 12.0. The van der Waals surface area contributed by atoms with Gasteiger partial charge in [0.25, 0.3) is 5.95 Å². The number of allylic oxidation sites excluding steroid dienone is 4. The molecule has 37 heavy (non-hydrogen) atoms. The molecule has 0 spiro atoms. The predicted molar refractivity (Wildman–Crippen MR) is 137 cm³/mol. The second kappa shape index (κ2) is 12.0. The van der Waals surface area contributed by atoms with E-state index >= 15 is 0 Å². The molecule has 10 nitrogen and oxygen atoms in total. The minimum absolute atomic E-state index is 0.0299. The molecule has 1 aliphatic rings. The number of carboxylic acids is 1. The normalized spacial score (nSPS) is 18.0. The predicted octanol–water partition coefficient (Wildman–Crippen LogP) is 2.98. The van der Waals surface area contributed by atoms with E-state index in [1.54, 1.807) is 30.2 Å². The van der Waals surface area contributed by atoms with E-state index in [1.807, 2.05) is 33.9 Å². The Labute approximate surface area is 215 Å². The first-order chi connectivity index (χ1) is 17.5. The van der Waals surface area contributed by atoms with Gasteiger partial charge in [-0.25, -0.2) is 14.1 Å². The summed E-state index contributed by atoms with van der Waals surface area (Å²) in [4.78, 5) is 17.7. The standard InChI is InChI=1S/C26H33FN6O4/c1-15(2)24-21(11-10-19(34)13-20(35)14-23(36)37)22(17-6-8-18(27)9-7-17)12-16(3)25(28-24)32(4)26-29-30-31-33(26)5/h6-12,15,19-20,22,34-35H,13-14H2,1-5H3,(H,36,37)/b11-10+. The Hall–Kier alpha value is -3.70. The number of likely N-dealkylation sites (N-methyl/N-ethyl adjacent to an activating group) is 1. The van der Waals surface area contributed by atoms with Crippen LogP contribution in [0.1, 0.15) is 45.1 Å². The van der Waals surface area contributed by atoms with Crippen molar-refractivity contribution in [1.29, 1.82) is 0 Å². The molecule has 3 unspecified atom stereocenters. The number of aromatic nitrogens is 4. The molecule has 2 aromatic rings. The van der Waals surface area contributed by atoms with Crippen LogP contribution in [0.4, 0.5) is 10.3 Å². The van der Waals surface area contributed by atoms with Crippen molar-refractivity contribution in [2.45, 2.75) is 51.7 Å². The molecular formula is C26H33FN6O4. The highest BCUT2D eigenvalue weighted by Crippen LogP contribution is 2.37. The lowest BCUT2D eigenvalue weighted by molar-refractivity contribution is -0.139. The van der Waals surface area contributed by atoms with Crippen LogP contribution in [-0.2, 0) is 11.8 Å². The van der Waals surface area contributed by atoms with E-state index in [0.29, 0.717) is 11.8 Å². The zero-order chi connectivity index (χ0) is 27.3. The number of tetrazole rings is 1. The van der Waals surface area contributed by atoms with Crippen molar-refractivity contribution in [1.82, 2.24) is 20.2 Å². The van der Waals surface area contributed by atoms with Crippen molar-refractivity contribution in [3.05, 3.63) is 70.7 Å². The zero-order valence-corrected chi connectivity index (χ0v) is 21.6. The van der Waals surface area contributed by atoms with Crippen LogP contribution in [-0.4, -0.2) is 66.6 Å². The number of aliphatic hydroxyl groups excluding tert-OH is 2. The summed E-state index contributed by atoms with van der Waals surface area (Å²) < 4.78 is 15.3. The lowest BCUT2D eigenvalue weighted by Crippen LogP contribution is -2.30. The summed E-state index contributed by atoms with van der Waals surface area (Å²) in [6.07, 6.45) is 2.46. The number of anilines is 1. The average Bonchev–Trinajstić information content (AvgIpc) is 3.18. The maximum absolute atomic E-state index is 13.8. The van der Waals surface area contributed by atoms with Crippen LogP contribution in [0.25, 0.3) is 0 Å². The highest BCUT2D eigenvalue weighted by atomic mass is 19.1. The van der Waals surface area contributed by atoms with E-state index < -0.39 is 24.6 Å². The molecule has 1 aliphatic heterocycles. The second-order valence-corrected chi connectivity index (χ2v) is 9.38. The van der Waals surface area contributed by atoms with Crippen LogP contribution in [0.15, 0.2) is 64.3 Å². The summed E-state index contributed by atoms with van der Waals surface area (Å²) in [6.45, 7) is 5.94. The highest BCUT2D eigenvalue weighted by molar-refractivity contribution is 6.09. The first-order valence-electron chi connectivity index (χ1n) is 12.0. The van der Waals surface area contributed by atoms with Gasteiger partial charge < -0.3 is 15.3 Å². The fraction of sp³-hybridized carbons (Fsp3) is 0.423. The van der Waals surface area contributed by atoms with E-state index in [9.17, 15) is 19.4 Å². The van der Waals surface area contributed by atoms with Gasteiger partial charge in [-0.1, -0.05) is 49.3 Å². The molecule has 0 aliphatic carbocycles. The summed E-state index contributed by atoms with van der Waals surface area (Å²) in [7, 11) is 3.55. The van der Waals surface area contributed by atoms with Crippen LogP contribution in [0.3, 0.4) is 0 Å². The maximum Gasteiger partial charge on any atom is 0.305 e. The van der Waals surface area contributed by atoms with Crippen molar-refractivity contribution in [3.63, 3.8) is 0 Å². The van der Waals surface area contributed by atoms with E-state index in [1.165, 1.54) is 22.9 Å². The number of aliphatic hydroxyl groups is 2. The molecule has 1 aromatic heterocycles. The van der Waals surface area contributed by atoms with Gasteiger partial charge in [-0.05, 0) is 52.1 Å². The Morgan fingerprint density at radius 2 is 1.92 bits per heavy atom. The van der Waals surface area contributed by atoms with Crippen molar-refractivity contribution >= 4 is 17.8 Å². The molecule has 3 rings (SSSR count). The van der Waals surface area contributed by atoms with Crippen LogP contribution >= 0.6 is 0 Å². The summed E-state index contributed by atoms with van der Waals surface area (Å²) >= 11 is 0. The minimum Gasteiger partial charge on any atom is -0.481 e. The molecule has 3 N–H and O–H groups in total. The first kappa shape index (κ1) is 27.9. The number of carboxylic acid groups (broad SMARTS) is 1. The molecule has 0 saturated carbocycles. The monoisotopic (exact) mass is 512 g/mol. The van der Waals surface area contributed by atoms with Gasteiger partial charge >= 0.3 is 5.97 Å². The highest BCUT2D eigenvalue weighted by Gasteiger charge is 2.27. The van der Waals surface area contributed by atoms with Crippen LogP contribution in [0.5, 0.6) is 0 Å². The summed E-state index contributed by atoms with van der Waals surface area (Å²) in [6, 6.07) is 6.22. The lowest BCUT2D eigenvalue weighted by atomic mass is 9.86. The Bertz CT molecular complexity index is 1230. The molecule has 0 saturated heterocycles. The van der Waals surface area contributed by atoms with Crippen molar-refractivity contribution in [2.75, 3.05) is 11.9 Å². The molecule has 0 radical (unpaired) electrons. The number of aryl methyl sites for hydroxylation is 1. The summed E-state index contributed by atoms with van der Waals surface area (Å²) in [5.41, 5.74) is 3.21. The van der Waals surface area contributed by atoms with Gasteiger partial charge in [0.15, 0.2) is 0 Å². The van der Waals surface area contributed by atoms with Crippen molar-refractivity contribution in [2.24, 2.45) is 18.0 Å². The molecule has 0 bridgehead atoms. The second-order valence-electron chi connectivity index (χ2n) is 9.38. The zero-order valence-electron chi connectivity index (χ0n) is 21.6. The molecular weight excluding hydrogens is 479 g/mol. The van der Waals surface area contributed by atoms with Gasteiger partial charge in [0, 0.05) is 32.1 Å². The quantitative estimate of drug-likeness (QED) is 0.466. The minimum atomic E-state index is -1.18. The van der Waals surface area contributed by atoms with Crippen molar-refractivity contribution < 1.29 is 24.5 Å². The fourth-order valence-corrected chi connectivity index (χ4v) is 4.24. The van der Waals surface area contributed by atoms with Gasteiger partial charge in [-0.3, -0.25) is 9.69 Å². The summed E-state index contributed by atoms with van der Waals surface area (Å²) in [5, 5.41) is 41.0. The van der Waals surface area contributed by atoms with E-state index in [-0.39, 0.29) is 24.1 Å². The number of hydrogen-bond acceptors (Lipinski definition) is 8. The molecule has 2 heterocycles. The molecule has 11 heteroatoms. The lowest BCUT2D eigenvalue weighted by Gasteiger charge is -2.20. The third-order valence-electron chi connectivity index (χ3n) is 6.04. The fourth-order valence-electron chi connectivity index (χ4n) is 4.24. The molecule has 0 fully saturated rings. The van der Waals surface area contributed by atoms with Crippen LogP contribution in [0.2, 0.25) is 0 Å². The molecule has 1 aromatic carbocycles. The van der Waals surface area contributed by atoms with E-state index in [4.69, 9.17) is 10.1 Å². The maximum atomic E-state index is 13.8. The van der Waals surface area contributed by atoms with Gasteiger partial charge in [0.1, 0.15) is 11.7 Å². The van der Waals surface area contributed by atoms with Gasteiger partial charge in [-0.15, -0.1) is 0 Å². The SMILES string of the molecule is CC1=CC(c2ccc(F)cc2)C(/C=C/C(O)CC(O)CC(=O)O)=C(C(C)C)N=C1N(C)c1nnnn1C. The Morgan fingerprint density at radius 1 is 1.24 bits per heavy atom. The third-order valence-corrected chi connectivity index (χ3v) is 6.04. The smallest absolute Gasteiger partial charge is 0.305 e. The summed E-state index contributed by atoms with van der Waals surface area (Å²) in [5.74, 6) is -0.713. The largest absolute Gasteiger partial charge is 0.481 e. The third kappa shape index (κ3) is 6.95. The number of aliphatic carboxylic acids is 1. The van der Waals surface area contributed by atoms with Crippen molar-refractivity contribution in [3.8, 4) is 0 Å². The Morgan fingerprint density at radius 3 is 2.49 bits per heavy atom. The van der Waals surface area contributed by atoms with E-state index in [2.05, 4.69) is 15.5 Å². The Balaban J connectivity index is 2.12. The van der Waals surface area contributed by atoms with Crippen LogP contribution in [0, 0.1) is 11.7 Å². The average molecular weight is 513 g/mol. The van der Waals surface area contributed by atoms with Gasteiger partial charge in [0.2, 0.25) is 0 Å². The number of benzene rings is 1. The number of rotatable bonds is 9. The number of nitrogens with zero attached hydrogens (tertiary/aromatic N) is 6. The number of halogens is 1. The number of hydrogen-bond donors (Lipinski definition) is 3. The number of amidine groups is 1. The van der Waals surface area contributed by atoms with E-state index in [0.717, 1.165) is 22.4 Å². The van der Waals surface area contributed by atoms with Gasteiger partial charge in [-0.2, -0.15) is 0 Å². The van der Waals surface area contributed by atoms with Crippen LogP contribution < -0.4 is 4.90 Å². The van der Waals surface area contributed by atoms with Gasteiger partial charge in [0.05, 0.1) is 18.6 Å². The Kier molecular flexibility index (Phi) is 9.06. The molecule has 3 atom stereocenters.